The molecule has 3 N–H and O–H groups in total. The number of benzene rings is 1. The molecule has 1 aromatic rings. The van der Waals surface area contributed by atoms with Gasteiger partial charge in [0.05, 0.1) is 12.9 Å². The van der Waals surface area contributed by atoms with E-state index in [2.05, 4.69) is 9.46 Å². The lowest BCUT2D eigenvalue weighted by Gasteiger charge is -2.14. The standard InChI is InChI=1S/C14H20N2O4S/c1-20-14(17)3-2-8-21(18,19)16-13-7-4-10-9-11(15)5-6-12(10)13/h5-6,9,13,16H,2-4,7-8,15H2,1H3. The van der Waals surface area contributed by atoms with Crippen molar-refractivity contribution in [1.82, 2.24) is 4.72 Å². The van der Waals surface area contributed by atoms with Crippen LogP contribution in [-0.4, -0.2) is 27.2 Å². The fraction of sp³-hybridized carbons (Fsp3) is 0.500. The molecule has 0 heterocycles. The van der Waals surface area contributed by atoms with Crippen molar-refractivity contribution >= 4 is 21.7 Å². The lowest BCUT2D eigenvalue weighted by Crippen LogP contribution is -2.29. The maximum atomic E-state index is 12.0. The van der Waals surface area contributed by atoms with Crippen molar-refractivity contribution in [2.45, 2.75) is 31.7 Å². The average molecular weight is 312 g/mol. The topological polar surface area (TPSA) is 98.5 Å². The van der Waals surface area contributed by atoms with Crippen molar-refractivity contribution in [3.05, 3.63) is 29.3 Å². The van der Waals surface area contributed by atoms with E-state index >= 15 is 0 Å². The molecule has 1 unspecified atom stereocenters. The van der Waals surface area contributed by atoms with Crippen molar-refractivity contribution in [2.24, 2.45) is 0 Å². The van der Waals surface area contributed by atoms with Crippen LogP contribution in [0.1, 0.15) is 36.4 Å². The van der Waals surface area contributed by atoms with Crippen molar-refractivity contribution in [3.8, 4) is 0 Å². The summed E-state index contributed by atoms with van der Waals surface area (Å²) in [6, 6.07) is 5.34. The van der Waals surface area contributed by atoms with E-state index in [1.807, 2.05) is 12.1 Å². The molecule has 0 spiro atoms. The quantitative estimate of drug-likeness (QED) is 0.606. The molecule has 6 nitrogen and oxygen atoms in total. The summed E-state index contributed by atoms with van der Waals surface area (Å²) < 4.78 is 31.3. The number of hydrogen-bond donors (Lipinski definition) is 2. The highest BCUT2D eigenvalue weighted by Gasteiger charge is 2.26. The molecule has 7 heteroatoms. The van der Waals surface area contributed by atoms with Crippen molar-refractivity contribution in [1.29, 1.82) is 0 Å². The largest absolute Gasteiger partial charge is 0.469 e. The molecule has 21 heavy (non-hydrogen) atoms. The van der Waals surface area contributed by atoms with Crippen molar-refractivity contribution in [3.63, 3.8) is 0 Å². The first-order valence-corrected chi connectivity index (χ1v) is 8.51. The van der Waals surface area contributed by atoms with Crippen LogP contribution in [0.5, 0.6) is 0 Å². The van der Waals surface area contributed by atoms with E-state index < -0.39 is 16.0 Å². The third-order valence-corrected chi connectivity index (χ3v) is 5.06. The predicted molar refractivity (Wildman–Crippen MR) is 80.1 cm³/mol. The molecule has 116 valence electrons. The third-order valence-electron chi connectivity index (χ3n) is 3.59. The zero-order valence-corrected chi connectivity index (χ0v) is 12.8. The molecule has 1 aliphatic rings. The number of carbonyl (C=O) groups excluding carboxylic acids is 1. The number of aryl methyl sites for hydroxylation is 1. The Morgan fingerprint density at radius 2 is 2.24 bits per heavy atom. The van der Waals surface area contributed by atoms with Gasteiger partial charge in [0.2, 0.25) is 10.0 Å². The fourth-order valence-corrected chi connectivity index (χ4v) is 3.86. The number of sulfonamides is 1. The van der Waals surface area contributed by atoms with Crippen molar-refractivity contribution < 1.29 is 17.9 Å². The van der Waals surface area contributed by atoms with Crippen LogP contribution in [0.4, 0.5) is 5.69 Å². The van der Waals surface area contributed by atoms with Gasteiger partial charge in [-0.3, -0.25) is 4.79 Å². The lowest BCUT2D eigenvalue weighted by molar-refractivity contribution is -0.140. The van der Waals surface area contributed by atoms with Gasteiger partial charge in [-0.1, -0.05) is 6.07 Å². The monoisotopic (exact) mass is 312 g/mol. The SMILES string of the molecule is COC(=O)CCCS(=O)(=O)NC1CCc2cc(N)ccc21. The summed E-state index contributed by atoms with van der Waals surface area (Å²) in [7, 11) is -2.12. The minimum absolute atomic E-state index is 0.0805. The summed E-state index contributed by atoms with van der Waals surface area (Å²) in [6.07, 6.45) is 1.91. The molecule has 1 atom stereocenters. The average Bonchev–Trinajstić information content (AvgIpc) is 2.79. The fourth-order valence-electron chi connectivity index (χ4n) is 2.54. The molecule has 0 fully saturated rings. The summed E-state index contributed by atoms with van der Waals surface area (Å²) >= 11 is 0. The van der Waals surface area contributed by atoms with E-state index in [-0.39, 0.29) is 24.6 Å². The van der Waals surface area contributed by atoms with E-state index in [0.29, 0.717) is 5.69 Å². The number of nitrogens with two attached hydrogens (primary N) is 1. The van der Waals surface area contributed by atoms with Gasteiger partial charge >= 0.3 is 5.97 Å². The van der Waals surface area contributed by atoms with Gasteiger partial charge in [0.25, 0.3) is 0 Å². The molecule has 0 saturated heterocycles. The zero-order chi connectivity index (χ0) is 15.5. The normalized spacial score (nSPS) is 17.5. The number of esters is 1. The highest BCUT2D eigenvalue weighted by molar-refractivity contribution is 7.89. The second-order valence-corrected chi connectivity index (χ2v) is 7.04. The van der Waals surface area contributed by atoms with E-state index in [4.69, 9.17) is 5.73 Å². The molecule has 1 aromatic carbocycles. The Morgan fingerprint density at radius 1 is 1.48 bits per heavy atom. The van der Waals surface area contributed by atoms with Gasteiger partial charge in [0, 0.05) is 18.2 Å². The first-order chi connectivity index (χ1) is 9.91. The van der Waals surface area contributed by atoms with E-state index in [1.54, 1.807) is 6.07 Å². The van der Waals surface area contributed by atoms with Crippen LogP contribution in [0.15, 0.2) is 18.2 Å². The van der Waals surface area contributed by atoms with Crippen LogP contribution < -0.4 is 10.5 Å². The van der Waals surface area contributed by atoms with Crippen LogP contribution in [0.3, 0.4) is 0 Å². The van der Waals surface area contributed by atoms with Gasteiger partial charge < -0.3 is 10.5 Å². The highest BCUT2D eigenvalue weighted by atomic mass is 32.2. The third kappa shape index (κ3) is 4.18. The molecule has 0 aromatic heterocycles. The van der Waals surface area contributed by atoms with Crippen LogP contribution in [0, 0.1) is 0 Å². The molecular weight excluding hydrogens is 292 g/mol. The van der Waals surface area contributed by atoms with Crippen LogP contribution in [0.25, 0.3) is 0 Å². The number of nitrogens with one attached hydrogen (secondary N) is 1. The van der Waals surface area contributed by atoms with Crippen LogP contribution >= 0.6 is 0 Å². The van der Waals surface area contributed by atoms with Gasteiger partial charge in [0.1, 0.15) is 0 Å². The Balaban J connectivity index is 1.95. The Bertz CT molecular complexity index is 628. The molecule has 0 saturated carbocycles. The smallest absolute Gasteiger partial charge is 0.305 e. The van der Waals surface area contributed by atoms with Crippen LogP contribution in [0.2, 0.25) is 0 Å². The minimum Gasteiger partial charge on any atom is -0.469 e. The second-order valence-electron chi connectivity index (χ2n) is 5.17. The number of hydrogen-bond acceptors (Lipinski definition) is 5. The van der Waals surface area contributed by atoms with Gasteiger partial charge in [0.15, 0.2) is 0 Å². The molecule has 1 aliphatic carbocycles. The molecule has 0 aliphatic heterocycles. The maximum absolute atomic E-state index is 12.0. The van der Waals surface area contributed by atoms with E-state index in [1.165, 1.54) is 7.11 Å². The number of ether oxygens (including phenoxy) is 1. The Hall–Kier alpha value is -1.60. The number of fused-ring (bicyclic) bond motifs is 1. The molecule has 2 rings (SSSR count). The zero-order valence-electron chi connectivity index (χ0n) is 12.0. The van der Waals surface area contributed by atoms with Crippen LogP contribution in [-0.2, 0) is 26.0 Å². The van der Waals surface area contributed by atoms with Gasteiger partial charge in [-0.2, -0.15) is 0 Å². The van der Waals surface area contributed by atoms with Gasteiger partial charge in [-0.05, 0) is 42.5 Å². The number of carbonyl (C=O) groups is 1. The first-order valence-electron chi connectivity index (χ1n) is 6.86. The Morgan fingerprint density at radius 3 is 2.95 bits per heavy atom. The van der Waals surface area contributed by atoms with Gasteiger partial charge in [-0.15, -0.1) is 0 Å². The van der Waals surface area contributed by atoms with E-state index in [0.717, 1.165) is 24.0 Å². The second kappa shape index (κ2) is 6.44. The summed E-state index contributed by atoms with van der Waals surface area (Å²) in [4.78, 5) is 11.0. The summed E-state index contributed by atoms with van der Waals surface area (Å²) in [5.41, 5.74) is 8.50. The van der Waals surface area contributed by atoms with E-state index in [9.17, 15) is 13.2 Å². The number of anilines is 1. The number of methoxy groups -OCH3 is 1. The molecular formula is C14H20N2O4S. The lowest BCUT2D eigenvalue weighted by atomic mass is 10.1. The summed E-state index contributed by atoms with van der Waals surface area (Å²) in [5, 5.41) is 0. The number of nitrogen functional groups attached to an aromatic ring is 1. The summed E-state index contributed by atoms with van der Waals surface area (Å²) in [6.45, 7) is 0. The predicted octanol–water partition coefficient (Wildman–Crippen LogP) is 1.13. The van der Waals surface area contributed by atoms with Gasteiger partial charge in [-0.25, -0.2) is 13.1 Å². The maximum Gasteiger partial charge on any atom is 0.305 e. The first kappa shape index (κ1) is 15.8. The minimum atomic E-state index is -3.41. The van der Waals surface area contributed by atoms with Crippen molar-refractivity contribution in [2.75, 3.05) is 18.6 Å². The molecule has 0 amide bonds. The Labute approximate surface area is 124 Å². The molecule has 0 radical (unpaired) electrons. The highest BCUT2D eigenvalue weighted by Crippen LogP contribution is 2.32. The number of rotatable bonds is 6. The Kier molecular flexibility index (Phi) is 4.84. The summed E-state index contributed by atoms with van der Waals surface area (Å²) in [5.74, 6) is -0.477. The molecule has 0 bridgehead atoms.